The van der Waals surface area contributed by atoms with Gasteiger partial charge in [0.25, 0.3) is 11.8 Å². The molecule has 2 saturated heterocycles. The molecule has 13 heteroatoms. The van der Waals surface area contributed by atoms with Crippen LogP contribution in [0.25, 0.3) is 0 Å². The second kappa shape index (κ2) is 15.9. The van der Waals surface area contributed by atoms with Gasteiger partial charge in [-0.05, 0) is 78.9 Å². The summed E-state index contributed by atoms with van der Waals surface area (Å²) in [6.07, 6.45) is 1.10. The van der Waals surface area contributed by atoms with Crippen molar-refractivity contribution in [2.24, 2.45) is 0 Å². The van der Waals surface area contributed by atoms with Crippen molar-refractivity contribution in [3.8, 4) is 11.5 Å². The second-order valence-electron chi connectivity index (χ2n) is 14.1. The van der Waals surface area contributed by atoms with Gasteiger partial charge in [0.1, 0.15) is 30.6 Å². The molecule has 3 aliphatic heterocycles. The highest BCUT2D eigenvalue weighted by molar-refractivity contribution is 6.22. The number of carbonyl (C=O) groups is 2. The van der Waals surface area contributed by atoms with Crippen molar-refractivity contribution in [3.63, 3.8) is 0 Å². The number of rotatable bonds is 13. The smallest absolute Gasteiger partial charge is 0.262 e. The summed E-state index contributed by atoms with van der Waals surface area (Å²) in [6, 6.07) is 22.6. The largest absolute Gasteiger partial charge is 0.494 e. The number of amides is 2. The average molecular weight is 723 g/mol. The highest BCUT2D eigenvalue weighted by Crippen LogP contribution is 2.34. The van der Waals surface area contributed by atoms with Crippen LogP contribution in [-0.2, 0) is 16.8 Å². The number of imide groups is 1. The molecule has 3 atom stereocenters. The minimum Gasteiger partial charge on any atom is -0.494 e. The molecule has 13 nitrogen and oxygen atoms in total. The van der Waals surface area contributed by atoms with Gasteiger partial charge in [0.05, 0.1) is 42.7 Å². The van der Waals surface area contributed by atoms with Crippen molar-refractivity contribution in [1.82, 2.24) is 20.2 Å². The Labute approximate surface area is 308 Å². The number of nitrogens with zero attached hydrogens (tertiary/aromatic N) is 4. The summed E-state index contributed by atoms with van der Waals surface area (Å²) in [5, 5.41) is 26.0. The Kier molecular flexibility index (Phi) is 10.9. The van der Waals surface area contributed by atoms with Crippen LogP contribution in [0.2, 0.25) is 0 Å². The van der Waals surface area contributed by atoms with Gasteiger partial charge in [0.2, 0.25) is 5.95 Å². The first kappa shape index (κ1) is 36.3. The average Bonchev–Trinajstić information content (AvgIpc) is 3.42. The van der Waals surface area contributed by atoms with E-state index in [1.54, 1.807) is 24.4 Å². The van der Waals surface area contributed by atoms with Gasteiger partial charge in [0.15, 0.2) is 0 Å². The predicted molar refractivity (Wildman–Crippen MR) is 198 cm³/mol. The van der Waals surface area contributed by atoms with Crippen LogP contribution < -0.4 is 25.0 Å². The maximum absolute atomic E-state index is 13.2. The molecule has 0 aliphatic carbocycles. The van der Waals surface area contributed by atoms with Crippen LogP contribution in [0, 0.1) is 0 Å². The summed E-state index contributed by atoms with van der Waals surface area (Å²) >= 11 is 0. The Bertz CT molecular complexity index is 1900. The van der Waals surface area contributed by atoms with Crippen molar-refractivity contribution < 1.29 is 34.0 Å². The van der Waals surface area contributed by atoms with Crippen LogP contribution in [-0.4, -0.2) is 94.8 Å². The van der Waals surface area contributed by atoms with E-state index in [1.165, 1.54) is 0 Å². The summed E-state index contributed by atoms with van der Waals surface area (Å²) in [5.74, 6) is 1.39. The lowest BCUT2D eigenvalue weighted by molar-refractivity contribution is -0.0413. The Balaban J connectivity index is 0.861. The monoisotopic (exact) mass is 722 g/mol. The van der Waals surface area contributed by atoms with Gasteiger partial charge in [-0.3, -0.25) is 19.8 Å². The summed E-state index contributed by atoms with van der Waals surface area (Å²) < 4.78 is 17.5. The van der Waals surface area contributed by atoms with Gasteiger partial charge >= 0.3 is 0 Å². The van der Waals surface area contributed by atoms with Crippen LogP contribution in [0.3, 0.4) is 0 Å². The van der Waals surface area contributed by atoms with Gasteiger partial charge in [-0.25, -0.2) is 9.97 Å². The number of ether oxygens (including phenoxy) is 3. The maximum Gasteiger partial charge on any atom is 0.262 e. The molecular weight excluding hydrogens is 676 g/mol. The minimum absolute atomic E-state index is 0.241. The Morgan fingerprint density at radius 3 is 2.26 bits per heavy atom. The van der Waals surface area contributed by atoms with Gasteiger partial charge in [0, 0.05) is 36.9 Å². The van der Waals surface area contributed by atoms with E-state index in [1.807, 2.05) is 30.3 Å². The number of carbonyl (C=O) groups excluding carboxylic acids is 2. The number of aromatic nitrogens is 2. The van der Waals surface area contributed by atoms with Crippen molar-refractivity contribution in [3.05, 3.63) is 107 Å². The van der Waals surface area contributed by atoms with E-state index < -0.39 is 30.3 Å². The number of aliphatic hydroxyl groups is 2. The molecule has 4 heterocycles. The summed E-state index contributed by atoms with van der Waals surface area (Å²) in [6.45, 7) is 8.78. The molecule has 0 spiro atoms. The highest BCUT2D eigenvalue weighted by atomic mass is 16.5. The molecule has 0 radical (unpaired) electrons. The number of hydrogen-bond donors (Lipinski definition) is 4. The molecule has 53 heavy (non-hydrogen) atoms. The first-order valence-electron chi connectivity index (χ1n) is 18.2. The molecule has 278 valence electrons. The zero-order chi connectivity index (χ0) is 37.0. The first-order valence-corrected chi connectivity index (χ1v) is 18.2. The van der Waals surface area contributed by atoms with E-state index in [4.69, 9.17) is 14.2 Å². The standard InChI is InChI=1S/C40H46N6O7/c1-40(2,27-6-11-31(12-7-27)53-25-29-16-18-42-39(43-29)45-19-22-51-23-20-45)26-4-9-30(10-5-26)52-21-3-17-41-28-8-13-32-33(24-28)38(50)46(37(32)49)34-14-15-35(47)44-36(34)48/h4-13,16,18,24,34-36,41,44,47-48H,3,14-15,17,19-23,25H2,1-2H3. The molecule has 3 aromatic carbocycles. The summed E-state index contributed by atoms with van der Waals surface area (Å²) in [5.41, 5.74) is 4.24. The third-order valence-electron chi connectivity index (χ3n) is 10.2. The van der Waals surface area contributed by atoms with E-state index in [0.717, 1.165) is 52.0 Å². The summed E-state index contributed by atoms with van der Waals surface area (Å²) in [7, 11) is 0. The zero-order valence-electron chi connectivity index (χ0n) is 30.0. The Hall–Kier alpha value is -5.08. The zero-order valence-corrected chi connectivity index (χ0v) is 30.0. The third-order valence-corrected chi connectivity index (χ3v) is 10.2. The topological polar surface area (TPSA) is 159 Å². The fourth-order valence-corrected chi connectivity index (χ4v) is 6.95. The number of nitrogens with one attached hydrogen (secondary N) is 2. The SMILES string of the molecule is CC(C)(c1ccc(OCCCNc2ccc3c(c2)C(=O)N(C2CCC(O)NC2O)C3=O)cc1)c1ccc(OCc2ccnc(N3CCOCC3)n2)cc1. The molecule has 7 rings (SSSR count). The van der Waals surface area contributed by atoms with Crippen LogP contribution in [0.4, 0.5) is 11.6 Å². The van der Waals surface area contributed by atoms with Crippen LogP contribution in [0.1, 0.15) is 70.6 Å². The van der Waals surface area contributed by atoms with Gasteiger partial charge in [-0.2, -0.15) is 0 Å². The van der Waals surface area contributed by atoms with E-state index in [2.05, 4.69) is 63.6 Å². The normalized spacial score (nSPS) is 20.3. The van der Waals surface area contributed by atoms with E-state index in [0.29, 0.717) is 69.3 Å². The molecular formula is C40H46N6O7. The van der Waals surface area contributed by atoms with E-state index in [-0.39, 0.29) is 5.41 Å². The molecule has 4 aromatic rings. The van der Waals surface area contributed by atoms with Crippen LogP contribution in [0.15, 0.2) is 79.0 Å². The number of morpholine rings is 1. The van der Waals surface area contributed by atoms with Crippen molar-refractivity contribution >= 4 is 23.5 Å². The van der Waals surface area contributed by atoms with Gasteiger partial charge < -0.3 is 34.6 Å². The predicted octanol–water partition coefficient (Wildman–Crippen LogP) is 4.08. The van der Waals surface area contributed by atoms with Crippen LogP contribution >= 0.6 is 0 Å². The Morgan fingerprint density at radius 1 is 0.887 bits per heavy atom. The third kappa shape index (κ3) is 8.13. The maximum atomic E-state index is 13.2. The van der Waals surface area contributed by atoms with Crippen molar-refractivity contribution in [2.75, 3.05) is 49.7 Å². The number of piperidine rings is 1. The van der Waals surface area contributed by atoms with E-state index in [9.17, 15) is 19.8 Å². The number of fused-ring (bicyclic) bond motifs is 1. The quantitative estimate of drug-likeness (QED) is 0.116. The van der Waals surface area contributed by atoms with Crippen LogP contribution in [0.5, 0.6) is 11.5 Å². The van der Waals surface area contributed by atoms with Gasteiger partial charge in [-0.15, -0.1) is 0 Å². The number of anilines is 2. The lowest BCUT2D eigenvalue weighted by atomic mass is 9.78. The minimum atomic E-state index is -1.18. The lowest BCUT2D eigenvalue weighted by Crippen LogP contribution is -2.58. The number of hydrogen-bond acceptors (Lipinski definition) is 12. The van der Waals surface area contributed by atoms with E-state index >= 15 is 0 Å². The van der Waals surface area contributed by atoms with Gasteiger partial charge in [-0.1, -0.05) is 38.1 Å². The van der Waals surface area contributed by atoms with Crippen molar-refractivity contribution in [2.45, 2.75) is 63.6 Å². The second-order valence-corrected chi connectivity index (χ2v) is 14.1. The molecule has 1 aromatic heterocycles. The molecule has 2 amide bonds. The lowest BCUT2D eigenvalue weighted by Gasteiger charge is -2.36. The molecule has 0 bridgehead atoms. The molecule has 0 saturated carbocycles. The molecule has 4 N–H and O–H groups in total. The number of aliphatic hydroxyl groups excluding tert-OH is 2. The fourth-order valence-electron chi connectivity index (χ4n) is 6.95. The molecule has 2 fully saturated rings. The fraction of sp³-hybridized carbons (Fsp3) is 0.400. The molecule has 3 aliphatic rings. The Morgan fingerprint density at radius 2 is 1.57 bits per heavy atom. The van der Waals surface area contributed by atoms with Crippen molar-refractivity contribution in [1.29, 1.82) is 0 Å². The highest BCUT2D eigenvalue weighted by Gasteiger charge is 2.44. The number of benzene rings is 3. The first-order chi connectivity index (χ1) is 25.7. The summed E-state index contributed by atoms with van der Waals surface area (Å²) in [4.78, 5) is 38.5. The molecule has 3 unspecified atom stereocenters.